The maximum atomic E-state index is 4.23. The molecule has 15 heavy (non-hydrogen) atoms. The van der Waals surface area contributed by atoms with Crippen LogP contribution in [-0.2, 0) is 0 Å². The van der Waals surface area contributed by atoms with Crippen LogP contribution in [0, 0.1) is 6.92 Å². The highest BCUT2D eigenvalue weighted by Crippen LogP contribution is 2.21. The van der Waals surface area contributed by atoms with Gasteiger partial charge in [-0.3, -0.25) is 0 Å². The lowest BCUT2D eigenvalue weighted by Crippen LogP contribution is -1.75. The molecule has 0 saturated heterocycles. The molecule has 2 aromatic rings. The lowest BCUT2D eigenvalue weighted by Gasteiger charge is -1.95. The Hall–Kier alpha value is -1.15. The first kappa shape index (κ1) is 11.9. The molecule has 0 amide bonds. The van der Waals surface area contributed by atoms with Crippen molar-refractivity contribution in [2.24, 2.45) is 0 Å². The number of hydrogen-bond acceptors (Lipinski definition) is 2. The Balaban J connectivity index is 0.000000337. The average Bonchev–Trinajstić information content (AvgIpc) is 2.73. The Morgan fingerprint density at radius 3 is 2.20 bits per heavy atom. The van der Waals surface area contributed by atoms with E-state index in [1.807, 2.05) is 11.6 Å². The second-order valence-corrected chi connectivity index (χ2v) is 4.30. The van der Waals surface area contributed by atoms with Gasteiger partial charge in [-0.15, -0.1) is 11.3 Å². The van der Waals surface area contributed by atoms with Crippen LogP contribution in [0.4, 0.5) is 0 Å². The summed E-state index contributed by atoms with van der Waals surface area (Å²) in [6.45, 7) is 6.34. The summed E-state index contributed by atoms with van der Waals surface area (Å²) in [6.07, 6.45) is 3.08. The first-order chi connectivity index (χ1) is 7.27. The van der Waals surface area contributed by atoms with Gasteiger partial charge in [0, 0.05) is 17.1 Å². The molecule has 2 rings (SSSR count). The fraction of sp³-hybridized carbons (Fsp3) is 0.308. The summed E-state index contributed by atoms with van der Waals surface area (Å²) >= 11 is 1.67. The van der Waals surface area contributed by atoms with Gasteiger partial charge in [0.15, 0.2) is 0 Å². The molecule has 1 heterocycles. The molecule has 0 aliphatic rings. The fourth-order valence-electron chi connectivity index (χ4n) is 1.06. The lowest BCUT2D eigenvalue weighted by atomic mass is 10.2. The number of aromatic nitrogens is 1. The molecule has 0 unspecified atom stereocenters. The molecule has 0 aliphatic heterocycles. The van der Waals surface area contributed by atoms with Gasteiger partial charge in [-0.1, -0.05) is 50.1 Å². The van der Waals surface area contributed by atoms with Crippen molar-refractivity contribution in [2.45, 2.75) is 27.2 Å². The van der Waals surface area contributed by atoms with Crippen molar-refractivity contribution < 1.29 is 0 Å². The highest BCUT2D eigenvalue weighted by molar-refractivity contribution is 7.13. The SMILES string of the molecule is CCC.Cc1ccc(-c2nccs2)cc1. The summed E-state index contributed by atoms with van der Waals surface area (Å²) in [5.41, 5.74) is 2.49. The molecule has 1 nitrogen and oxygen atoms in total. The van der Waals surface area contributed by atoms with Gasteiger partial charge in [-0.25, -0.2) is 4.98 Å². The summed E-state index contributed by atoms with van der Waals surface area (Å²) < 4.78 is 0. The number of nitrogens with zero attached hydrogens (tertiary/aromatic N) is 1. The largest absolute Gasteiger partial charge is 0.245 e. The third-order valence-corrected chi connectivity index (χ3v) is 2.55. The van der Waals surface area contributed by atoms with Crippen molar-refractivity contribution in [1.29, 1.82) is 0 Å². The standard InChI is InChI=1S/C10H9NS.C3H8/c1-8-2-4-9(5-3-8)10-11-6-7-12-10;1-3-2/h2-7H,1H3;3H2,1-2H3. The molecule has 0 atom stereocenters. The third kappa shape index (κ3) is 3.84. The van der Waals surface area contributed by atoms with Crippen molar-refractivity contribution in [2.75, 3.05) is 0 Å². The molecule has 0 spiro atoms. The normalized spacial score (nSPS) is 9.27. The van der Waals surface area contributed by atoms with E-state index in [0.29, 0.717) is 0 Å². The quantitative estimate of drug-likeness (QED) is 0.686. The van der Waals surface area contributed by atoms with E-state index in [1.54, 1.807) is 11.3 Å². The zero-order valence-corrected chi connectivity index (χ0v) is 10.3. The smallest absolute Gasteiger partial charge is 0.123 e. The van der Waals surface area contributed by atoms with E-state index >= 15 is 0 Å². The van der Waals surface area contributed by atoms with Gasteiger partial charge in [-0.05, 0) is 6.92 Å². The molecule has 0 N–H and O–H groups in total. The van der Waals surface area contributed by atoms with Crippen molar-refractivity contribution in [3.8, 4) is 10.6 Å². The Bertz CT molecular complexity index is 362. The van der Waals surface area contributed by atoms with Gasteiger partial charge in [0.05, 0.1) is 0 Å². The maximum absolute atomic E-state index is 4.23. The molecule has 80 valence electrons. The third-order valence-electron chi connectivity index (χ3n) is 1.73. The van der Waals surface area contributed by atoms with E-state index in [0.717, 1.165) is 5.01 Å². The van der Waals surface area contributed by atoms with Crippen molar-refractivity contribution in [3.05, 3.63) is 41.4 Å². The fourth-order valence-corrected chi connectivity index (χ4v) is 1.71. The van der Waals surface area contributed by atoms with Crippen LogP contribution in [0.3, 0.4) is 0 Å². The predicted molar refractivity (Wildman–Crippen MR) is 68.3 cm³/mol. The number of aryl methyl sites for hydroxylation is 1. The Morgan fingerprint density at radius 1 is 1.13 bits per heavy atom. The zero-order chi connectivity index (χ0) is 11.1. The van der Waals surface area contributed by atoms with Crippen LogP contribution in [0.15, 0.2) is 35.8 Å². The number of benzene rings is 1. The number of thiazole rings is 1. The predicted octanol–water partition coefficient (Wildman–Crippen LogP) is 4.53. The summed E-state index contributed by atoms with van der Waals surface area (Å²) in [7, 11) is 0. The van der Waals surface area contributed by atoms with Crippen molar-refractivity contribution in [1.82, 2.24) is 4.98 Å². The van der Waals surface area contributed by atoms with Crippen molar-refractivity contribution in [3.63, 3.8) is 0 Å². The minimum atomic E-state index is 1.09. The van der Waals surface area contributed by atoms with E-state index in [9.17, 15) is 0 Å². The van der Waals surface area contributed by atoms with Gasteiger partial charge in [0.25, 0.3) is 0 Å². The molecule has 0 fully saturated rings. The summed E-state index contributed by atoms with van der Waals surface area (Å²) in [5, 5.41) is 3.09. The van der Waals surface area contributed by atoms with Gasteiger partial charge >= 0.3 is 0 Å². The Morgan fingerprint density at radius 2 is 1.73 bits per heavy atom. The van der Waals surface area contributed by atoms with Crippen LogP contribution in [0.1, 0.15) is 25.8 Å². The number of rotatable bonds is 1. The van der Waals surface area contributed by atoms with E-state index in [4.69, 9.17) is 0 Å². The molecule has 2 heteroatoms. The second kappa shape index (κ2) is 6.36. The van der Waals surface area contributed by atoms with Crippen LogP contribution in [0.5, 0.6) is 0 Å². The second-order valence-electron chi connectivity index (χ2n) is 3.41. The van der Waals surface area contributed by atoms with Crippen LogP contribution in [0.2, 0.25) is 0 Å². The minimum absolute atomic E-state index is 1.09. The van der Waals surface area contributed by atoms with E-state index in [1.165, 1.54) is 17.5 Å². The molecular weight excluding hydrogens is 202 g/mol. The Kier molecular flexibility index (Phi) is 5.05. The van der Waals surface area contributed by atoms with Gasteiger partial charge in [-0.2, -0.15) is 0 Å². The highest BCUT2D eigenvalue weighted by Gasteiger charge is 1.97. The molecule has 0 radical (unpaired) electrons. The van der Waals surface area contributed by atoms with Crippen LogP contribution >= 0.6 is 11.3 Å². The molecule has 1 aromatic carbocycles. The van der Waals surface area contributed by atoms with Crippen LogP contribution in [-0.4, -0.2) is 4.98 Å². The Labute approximate surface area is 95.8 Å². The lowest BCUT2D eigenvalue weighted by molar-refractivity contribution is 1.09. The minimum Gasteiger partial charge on any atom is -0.245 e. The monoisotopic (exact) mass is 219 g/mol. The van der Waals surface area contributed by atoms with Gasteiger partial charge < -0.3 is 0 Å². The zero-order valence-electron chi connectivity index (χ0n) is 9.53. The summed E-state index contributed by atoms with van der Waals surface area (Å²) in [5.74, 6) is 0. The van der Waals surface area contributed by atoms with Crippen LogP contribution in [0.25, 0.3) is 10.6 Å². The highest BCUT2D eigenvalue weighted by atomic mass is 32.1. The van der Waals surface area contributed by atoms with E-state index in [2.05, 4.69) is 50.0 Å². The molecule has 1 aromatic heterocycles. The van der Waals surface area contributed by atoms with Crippen LogP contribution < -0.4 is 0 Å². The molecular formula is C13H17NS. The average molecular weight is 219 g/mol. The molecule has 0 bridgehead atoms. The van der Waals surface area contributed by atoms with E-state index in [-0.39, 0.29) is 0 Å². The van der Waals surface area contributed by atoms with E-state index < -0.39 is 0 Å². The van der Waals surface area contributed by atoms with Crippen molar-refractivity contribution >= 4 is 11.3 Å². The summed E-state index contributed by atoms with van der Waals surface area (Å²) in [4.78, 5) is 4.23. The molecule has 0 aliphatic carbocycles. The summed E-state index contributed by atoms with van der Waals surface area (Å²) in [6, 6.07) is 8.43. The first-order valence-electron chi connectivity index (χ1n) is 5.24. The molecule has 0 saturated carbocycles. The number of hydrogen-bond donors (Lipinski definition) is 0. The maximum Gasteiger partial charge on any atom is 0.123 e. The first-order valence-corrected chi connectivity index (χ1v) is 6.12. The van der Waals surface area contributed by atoms with Gasteiger partial charge in [0.2, 0.25) is 0 Å². The topological polar surface area (TPSA) is 12.9 Å². The van der Waals surface area contributed by atoms with Gasteiger partial charge in [0.1, 0.15) is 5.01 Å².